The van der Waals surface area contributed by atoms with Crippen LogP contribution in [-0.4, -0.2) is 37.1 Å². The van der Waals surface area contributed by atoms with Crippen molar-refractivity contribution in [2.45, 2.75) is 85.0 Å². The zero-order valence-corrected chi connectivity index (χ0v) is 25.3. The fraction of sp³-hybridized carbons (Fsp3) is 0.429. The molecule has 0 amide bonds. The number of ketones is 2. The molecule has 2 aromatic rings. The van der Waals surface area contributed by atoms with Crippen molar-refractivity contribution in [1.29, 1.82) is 0 Å². The van der Waals surface area contributed by atoms with Gasteiger partial charge in [-0.3, -0.25) is 9.59 Å². The van der Waals surface area contributed by atoms with Gasteiger partial charge in [-0.05, 0) is 36.3 Å². The van der Waals surface area contributed by atoms with E-state index in [2.05, 4.69) is 13.8 Å². The molecule has 0 heterocycles. The molecular weight excluding hydrogens is 548 g/mol. The number of carbonyl (C=O) groups excluding carboxylic acids is 4. The van der Waals surface area contributed by atoms with E-state index in [1.165, 1.54) is 0 Å². The van der Waals surface area contributed by atoms with Crippen molar-refractivity contribution in [2.24, 2.45) is 0 Å². The highest BCUT2D eigenvalue weighted by Gasteiger charge is 2.37. The molecule has 0 fully saturated rings. The van der Waals surface area contributed by atoms with Crippen molar-refractivity contribution in [1.82, 2.24) is 0 Å². The van der Waals surface area contributed by atoms with E-state index in [0.29, 0.717) is 28.5 Å². The number of hydrogen-bond donors (Lipinski definition) is 0. The summed E-state index contributed by atoms with van der Waals surface area (Å²) in [6.45, 7) is 6.45. The number of unbranched alkanes of at least 4 members (excludes halogenated alkanes) is 8. The quantitative estimate of drug-likeness (QED) is 0.233. The zero-order chi connectivity index (χ0) is 30.8. The van der Waals surface area contributed by atoms with Gasteiger partial charge in [-0.1, -0.05) is 107 Å². The van der Waals surface area contributed by atoms with Crippen LogP contribution in [0.5, 0.6) is 0 Å². The van der Waals surface area contributed by atoms with Crippen LogP contribution < -0.4 is 20.9 Å². The highest BCUT2D eigenvalue weighted by molar-refractivity contribution is 6.58. The molecule has 0 aromatic heterocycles. The normalized spacial score (nSPS) is 13.7. The molecule has 0 aliphatic heterocycles. The summed E-state index contributed by atoms with van der Waals surface area (Å²) >= 11 is 0. The van der Waals surface area contributed by atoms with Crippen molar-refractivity contribution in [3.05, 3.63) is 68.9 Å². The smallest absolute Gasteiger partial charge is 0.434 e. The molecule has 0 unspecified atom stereocenters. The van der Waals surface area contributed by atoms with Gasteiger partial charge in [-0.2, -0.15) is 0 Å². The average Bonchev–Trinajstić information content (AvgIpc) is 3.00. The Balaban J connectivity index is 1.68. The summed E-state index contributed by atoms with van der Waals surface area (Å²) in [5, 5.41) is 1.36. The minimum absolute atomic E-state index is 0.0796. The van der Waals surface area contributed by atoms with Gasteiger partial charge in [-0.15, -0.1) is 0 Å². The second-order valence-electron chi connectivity index (χ2n) is 10.9. The highest BCUT2D eigenvalue weighted by Crippen LogP contribution is 2.26. The lowest BCUT2D eigenvalue weighted by Crippen LogP contribution is -2.48. The third-order valence-electron chi connectivity index (χ3n) is 7.55. The van der Waals surface area contributed by atoms with Crippen LogP contribution in [0.3, 0.4) is 0 Å². The maximum atomic E-state index is 14.0. The number of ether oxygens (including phenoxy) is 4. The lowest BCUT2D eigenvalue weighted by atomic mass is 9.83. The van der Waals surface area contributed by atoms with Gasteiger partial charge >= 0.3 is 12.3 Å². The monoisotopic (exact) mass is 588 g/mol. The van der Waals surface area contributed by atoms with Crippen LogP contribution in [0, 0.1) is 6.92 Å². The molecule has 0 saturated heterocycles. The summed E-state index contributed by atoms with van der Waals surface area (Å²) in [6, 6.07) is 11.9. The van der Waals surface area contributed by atoms with Crippen molar-refractivity contribution < 1.29 is 38.1 Å². The molecule has 43 heavy (non-hydrogen) atoms. The van der Waals surface area contributed by atoms with E-state index in [0.717, 1.165) is 56.9 Å². The first-order chi connectivity index (χ1) is 20.9. The predicted molar refractivity (Wildman–Crippen MR) is 162 cm³/mol. The molecule has 228 valence electrons. The predicted octanol–water partition coefficient (Wildman–Crippen LogP) is 4.63. The van der Waals surface area contributed by atoms with Gasteiger partial charge in [0, 0.05) is 21.6 Å². The van der Waals surface area contributed by atoms with Crippen molar-refractivity contribution in [3.8, 4) is 0 Å². The first kappa shape index (κ1) is 31.7. The summed E-state index contributed by atoms with van der Waals surface area (Å²) in [6.07, 6.45) is 7.89. The molecule has 8 heteroatoms. The van der Waals surface area contributed by atoms with Crippen LogP contribution in [0.15, 0.2) is 42.5 Å². The maximum Gasteiger partial charge on any atom is 0.513 e. The number of benzene rings is 2. The zero-order valence-electron chi connectivity index (χ0n) is 25.3. The average molecular weight is 589 g/mol. The van der Waals surface area contributed by atoms with Crippen LogP contribution in [0.4, 0.5) is 9.59 Å². The van der Waals surface area contributed by atoms with Crippen molar-refractivity contribution >= 4 is 46.5 Å². The summed E-state index contributed by atoms with van der Waals surface area (Å²) in [4.78, 5) is 53.2. The van der Waals surface area contributed by atoms with Crippen LogP contribution in [0.2, 0.25) is 0 Å². The second-order valence-corrected chi connectivity index (χ2v) is 10.9. The van der Waals surface area contributed by atoms with E-state index in [1.807, 2.05) is 6.92 Å². The molecule has 8 nitrogen and oxygen atoms in total. The topological polar surface area (TPSA) is 105 Å². The van der Waals surface area contributed by atoms with Crippen LogP contribution in [0.1, 0.15) is 83.6 Å². The largest absolute Gasteiger partial charge is 0.513 e. The summed E-state index contributed by atoms with van der Waals surface area (Å²) in [7, 11) is 0. The fourth-order valence-corrected chi connectivity index (χ4v) is 5.33. The Morgan fingerprint density at radius 2 is 1.05 bits per heavy atom. The van der Waals surface area contributed by atoms with Gasteiger partial charge in [0.25, 0.3) is 0 Å². The van der Waals surface area contributed by atoms with Crippen LogP contribution >= 0.6 is 0 Å². The SMILES string of the molecule is CCCCCCCOC(=O)OC1=c2ccccc2=C2C(=O)C(OC(=O)OCCCCCCC)=c3cc(C)ccc3=C2C1=O. The Kier molecular flexibility index (Phi) is 11.3. The maximum absolute atomic E-state index is 14.0. The van der Waals surface area contributed by atoms with Gasteiger partial charge in [0.15, 0.2) is 11.5 Å². The highest BCUT2D eigenvalue weighted by atomic mass is 16.7. The Bertz CT molecular complexity index is 1630. The summed E-state index contributed by atoms with van der Waals surface area (Å²) < 4.78 is 21.6. The van der Waals surface area contributed by atoms with E-state index >= 15 is 0 Å². The first-order valence-corrected chi connectivity index (χ1v) is 15.3. The molecular formula is C35H40O8. The van der Waals surface area contributed by atoms with Crippen LogP contribution in [0.25, 0.3) is 22.7 Å². The van der Waals surface area contributed by atoms with Crippen LogP contribution in [-0.2, 0) is 28.5 Å². The molecule has 0 N–H and O–H groups in total. The minimum atomic E-state index is -0.975. The number of hydrogen-bond acceptors (Lipinski definition) is 8. The van der Waals surface area contributed by atoms with E-state index in [9.17, 15) is 19.2 Å². The standard InChI is InChI=1S/C35H40O8/c1-4-6-8-10-14-20-40-34(38)42-32-26-17-13-12-16-24(26)28-29(30(32)36)25-19-18-23(3)22-27(25)33(31(28)37)43-35(39)41-21-15-11-9-7-5-2/h12-13,16-19,22H,4-11,14-15,20-21H2,1-3H3. The van der Waals surface area contributed by atoms with E-state index in [1.54, 1.807) is 42.5 Å². The second kappa shape index (κ2) is 15.3. The molecule has 4 rings (SSSR count). The molecule has 2 aliphatic carbocycles. The Hall–Kier alpha value is -4.20. The van der Waals surface area contributed by atoms with Gasteiger partial charge < -0.3 is 18.9 Å². The first-order valence-electron chi connectivity index (χ1n) is 15.3. The molecule has 2 aliphatic rings. The number of Topliss-reactive ketones (excluding diaryl/α,β-unsaturated/α-hetero) is 2. The van der Waals surface area contributed by atoms with Crippen molar-refractivity contribution in [2.75, 3.05) is 13.2 Å². The van der Waals surface area contributed by atoms with E-state index in [4.69, 9.17) is 18.9 Å². The molecule has 0 bridgehead atoms. The van der Waals surface area contributed by atoms with Gasteiger partial charge in [0.2, 0.25) is 11.6 Å². The number of rotatable bonds is 14. The Morgan fingerprint density at radius 3 is 1.58 bits per heavy atom. The Morgan fingerprint density at radius 1 is 0.581 bits per heavy atom. The third kappa shape index (κ3) is 7.61. The Labute approximate surface area is 251 Å². The number of fused-ring (bicyclic) bond motifs is 3. The lowest BCUT2D eigenvalue weighted by molar-refractivity contribution is -0.112. The molecule has 0 spiro atoms. The molecule has 0 radical (unpaired) electrons. The van der Waals surface area contributed by atoms with Gasteiger partial charge in [-0.25, -0.2) is 9.59 Å². The van der Waals surface area contributed by atoms with Crippen molar-refractivity contribution in [3.63, 3.8) is 0 Å². The minimum Gasteiger partial charge on any atom is -0.434 e. The van der Waals surface area contributed by atoms with E-state index in [-0.39, 0.29) is 41.1 Å². The molecule has 0 atom stereocenters. The third-order valence-corrected chi connectivity index (χ3v) is 7.55. The number of carbonyl (C=O) groups is 4. The molecule has 0 saturated carbocycles. The van der Waals surface area contributed by atoms with E-state index < -0.39 is 23.9 Å². The summed E-state index contributed by atoms with van der Waals surface area (Å²) in [5.74, 6) is -1.66. The molecule has 2 aromatic carbocycles. The fourth-order valence-electron chi connectivity index (χ4n) is 5.33. The van der Waals surface area contributed by atoms with Gasteiger partial charge in [0.05, 0.1) is 13.2 Å². The van der Waals surface area contributed by atoms with Gasteiger partial charge in [0.1, 0.15) is 0 Å². The summed E-state index contributed by atoms with van der Waals surface area (Å²) in [5.41, 5.74) is 0.960. The number of aryl methyl sites for hydroxylation is 1. The lowest BCUT2D eigenvalue weighted by Gasteiger charge is -2.22.